The lowest BCUT2D eigenvalue weighted by Gasteiger charge is -2.11. The smallest absolute Gasteiger partial charge is 0.226 e. The number of aryl methyl sites for hydroxylation is 1. The first kappa shape index (κ1) is 14.3. The van der Waals surface area contributed by atoms with Crippen molar-refractivity contribution in [3.63, 3.8) is 0 Å². The van der Waals surface area contributed by atoms with Crippen LogP contribution in [0.15, 0.2) is 30.3 Å². The summed E-state index contributed by atoms with van der Waals surface area (Å²) in [5.74, 6) is 2.42. The van der Waals surface area contributed by atoms with Gasteiger partial charge in [0, 0.05) is 12.1 Å². The second-order valence-electron chi connectivity index (χ2n) is 4.26. The third-order valence-electron chi connectivity index (χ3n) is 2.64. The van der Waals surface area contributed by atoms with Crippen molar-refractivity contribution in [2.24, 2.45) is 0 Å². The minimum Gasteiger partial charge on any atom is -0.478 e. The van der Waals surface area contributed by atoms with E-state index >= 15 is 0 Å². The second kappa shape index (κ2) is 6.86. The summed E-state index contributed by atoms with van der Waals surface area (Å²) >= 11 is 0. The molecule has 5 nitrogen and oxygen atoms in total. The lowest BCUT2D eigenvalue weighted by Crippen LogP contribution is -2.06. The van der Waals surface area contributed by atoms with Crippen LogP contribution in [0.3, 0.4) is 0 Å². The standard InChI is InChI=1S/C15H19N3O2/c1-4-19-14-9-15(18-11(2)17-14)20-13-8-6-5-7-12(13)10-16-3/h5-9,16H,4,10H2,1-3H3. The van der Waals surface area contributed by atoms with Gasteiger partial charge in [0.05, 0.1) is 12.7 Å². The topological polar surface area (TPSA) is 56.3 Å². The first-order chi connectivity index (χ1) is 9.72. The van der Waals surface area contributed by atoms with E-state index < -0.39 is 0 Å². The van der Waals surface area contributed by atoms with E-state index in [1.807, 2.05) is 45.2 Å². The summed E-state index contributed by atoms with van der Waals surface area (Å²) in [6, 6.07) is 9.56. The van der Waals surface area contributed by atoms with Crippen molar-refractivity contribution in [3.8, 4) is 17.5 Å². The molecule has 0 amide bonds. The molecule has 5 heteroatoms. The van der Waals surface area contributed by atoms with E-state index in [9.17, 15) is 0 Å². The molecule has 20 heavy (non-hydrogen) atoms. The SMILES string of the molecule is CCOc1cc(Oc2ccccc2CNC)nc(C)n1. The van der Waals surface area contributed by atoms with Gasteiger partial charge < -0.3 is 14.8 Å². The third-order valence-corrected chi connectivity index (χ3v) is 2.64. The van der Waals surface area contributed by atoms with Gasteiger partial charge in [-0.2, -0.15) is 9.97 Å². The fraction of sp³-hybridized carbons (Fsp3) is 0.333. The number of nitrogens with zero attached hydrogens (tertiary/aromatic N) is 2. The van der Waals surface area contributed by atoms with Crippen LogP contribution in [0.5, 0.6) is 17.5 Å². The summed E-state index contributed by atoms with van der Waals surface area (Å²) in [6.07, 6.45) is 0. The number of benzene rings is 1. The normalized spacial score (nSPS) is 10.3. The van der Waals surface area contributed by atoms with Gasteiger partial charge in [-0.3, -0.25) is 0 Å². The number of rotatable bonds is 6. The van der Waals surface area contributed by atoms with Gasteiger partial charge in [-0.15, -0.1) is 0 Å². The summed E-state index contributed by atoms with van der Waals surface area (Å²) in [7, 11) is 1.90. The summed E-state index contributed by atoms with van der Waals surface area (Å²) in [4.78, 5) is 8.48. The predicted molar refractivity (Wildman–Crippen MR) is 77.2 cm³/mol. The molecule has 1 aromatic carbocycles. The average Bonchev–Trinajstić information content (AvgIpc) is 2.41. The highest BCUT2D eigenvalue weighted by Crippen LogP contribution is 2.25. The maximum atomic E-state index is 5.86. The molecule has 0 unspecified atom stereocenters. The Balaban J connectivity index is 2.25. The van der Waals surface area contributed by atoms with Gasteiger partial charge in [0.25, 0.3) is 0 Å². The highest BCUT2D eigenvalue weighted by Gasteiger charge is 2.07. The largest absolute Gasteiger partial charge is 0.478 e. The van der Waals surface area contributed by atoms with Gasteiger partial charge in [-0.1, -0.05) is 18.2 Å². The van der Waals surface area contributed by atoms with E-state index in [1.54, 1.807) is 6.07 Å². The summed E-state index contributed by atoms with van der Waals surface area (Å²) < 4.78 is 11.3. The van der Waals surface area contributed by atoms with Crippen LogP contribution in [-0.2, 0) is 6.54 Å². The average molecular weight is 273 g/mol. The Morgan fingerprint density at radius 3 is 2.65 bits per heavy atom. The van der Waals surface area contributed by atoms with E-state index in [4.69, 9.17) is 9.47 Å². The number of aromatic nitrogens is 2. The van der Waals surface area contributed by atoms with Gasteiger partial charge >= 0.3 is 0 Å². The molecule has 0 saturated heterocycles. The molecule has 2 aromatic rings. The van der Waals surface area contributed by atoms with Crippen molar-refractivity contribution in [1.29, 1.82) is 0 Å². The monoisotopic (exact) mass is 273 g/mol. The van der Waals surface area contributed by atoms with Crippen molar-refractivity contribution < 1.29 is 9.47 Å². The first-order valence-corrected chi connectivity index (χ1v) is 6.61. The lowest BCUT2D eigenvalue weighted by atomic mass is 10.2. The molecule has 1 heterocycles. The lowest BCUT2D eigenvalue weighted by molar-refractivity contribution is 0.321. The number of para-hydroxylation sites is 1. The highest BCUT2D eigenvalue weighted by molar-refractivity contribution is 5.36. The van der Waals surface area contributed by atoms with Crippen LogP contribution in [0, 0.1) is 6.92 Å². The maximum absolute atomic E-state index is 5.86. The Hall–Kier alpha value is -2.14. The van der Waals surface area contributed by atoms with Crippen LogP contribution in [0.4, 0.5) is 0 Å². The molecule has 0 aliphatic heterocycles. The molecule has 0 aliphatic carbocycles. The van der Waals surface area contributed by atoms with E-state index in [2.05, 4.69) is 15.3 Å². The molecule has 2 rings (SSSR count). The molecule has 0 aliphatic rings. The molecule has 0 saturated carbocycles. The Kier molecular flexibility index (Phi) is 4.90. The Labute approximate surface area is 119 Å². The van der Waals surface area contributed by atoms with Gasteiger partial charge in [0.2, 0.25) is 11.8 Å². The molecule has 1 N–H and O–H groups in total. The van der Waals surface area contributed by atoms with Crippen LogP contribution in [0.2, 0.25) is 0 Å². The summed E-state index contributed by atoms with van der Waals surface area (Å²) in [6.45, 7) is 5.03. The van der Waals surface area contributed by atoms with Gasteiger partial charge in [-0.05, 0) is 27.0 Å². The molecule has 1 aromatic heterocycles. The quantitative estimate of drug-likeness (QED) is 0.877. The van der Waals surface area contributed by atoms with Crippen LogP contribution in [0.1, 0.15) is 18.3 Å². The van der Waals surface area contributed by atoms with Gasteiger partial charge in [0.1, 0.15) is 11.6 Å². The summed E-state index contributed by atoms with van der Waals surface area (Å²) in [5, 5.41) is 3.12. The van der Waals surface area contributed by atoms with Crippen molar-refractivity contribution in [3.05, 3.63) is 41.7 Å². The van der Waals surface area contributed by atoms with Crippen LogP contribution >= 0.6 is 0 Å². The fourth-order valence-electron chi connectivity index (χ4n) is 1.84. The van der Waals surface area contributed by atoms with Crippen molar-refractivity contribution in [1.82, 2.24) is 15.3 Å². The van der Waals surface area contributed by atoms with Crippen molar-refractivity contribution in [2.75, 3.05) is 13.7 Å². The van der Waals surface area contributed by atoms with Crippen molar-refractivity contribution >= 4 is 0 Å². The van der Waals surface area contributed by atoms with Crippen LogP contribution in [0.25, 0.3) is 0 Å². The molecule has 0 radical (unpaired) electrons. The van der Waals surface area contributed by atoms with Gasteiger partial charge in [-0.25, -0.2) is 0 Å². The van der Waals surface area contributed by atoms with Gasteiger partial charge in [0.15, 0.2) is 0 Å². The molecule has 106 valence electrons. The number of nitrogens with one attached hydrogen (secondary N) is 1. The van der Waals surface area contributed by atoms with Crippen molar-refractivity contribution in [2.45, 2.75) is 20.4 Å². The minimum atomic E-state index is 0.490. The first-order valence-electron chi connectivity index (χ1n) is 6.61. The van der Waals surface area contributed by atoms with E-state index in [-0.39, 0.29) is 0 Å². The van der Waals surface area contributed by atoms with E-state index in [0.717, 1.165) is 17.9 Å². The Morgan fingerprint density at radius 1 is 1.15 bits per heavy atom. The minimum absolute atomic E-state index is 0.490. The second-order valence-corrected chi connectivity index (χ2v) is 4.26. The molecule has 0 fully saturated rings. The highest BCUT2D eigenvalue weighted by atomic mass is 16.5. The zero-order valence-corrected chi connectivity index (χ0v) is 12.0. The third kappa shape index (κ3) is 3.68. The zero-order valence-electron chi connectivity index (χ0n) is 12.0. The maximum Gasteiger partial charge on any atom is 0.226 e. The Morgan fingerprint density at radius 2 is 1.90 bits per heavy atom. The van der Waals surface area contributed by atoms with Crippen LogP contribution in [-0.4, -0.2) is 23.6 Å². The number of ether oxygens (including phenoxy) is 2. The van der Waals surface area contributed by atoms with E-state index in [0.29, 0.717) is 24.2 Å². The predicted octanol–water partition coefficient (Wildman–Crippen LogP) is 2.70. The molecular weight excluding hydrogens is 254 g/mol. The molecule has 0 bridgehead atoms. The molecular formula is C15H19N3O2. The molecule has 0 spiro atoms. The zero-order chi connectivity index (χ0) is 14.4. The number of hydrogen-bond donors (Lipinski definition) is 1. The van der Waals surface area contributed by atoms with E-state index in [1.165, 1.54) is 0 Å². The molecule has 0 atom stereocenters. The number of hydrogen-bond acceptors (Lipinski definition) is 5. The van der Waals surface area contributed by atoms with Crippen LogP contribution < -0.4 is 14.8 Å². The summed E-state index contributed by atoms with van der Waals surface area (Å²) in [5.41, 5.74) is 1.07. The fourth-order valence-corrected chi connectivity index (χ4v) is 1.84. The Bertz CT molecular complexity index is 573.